The number of ether oxygens (including phenoxy) is 1. The fourth-order valence-corrected chi connectivity index (χ4v) is 3.53. The minimum Gasteiger partial charge on any atom is -0.450 e. The molecule has 5 nitrogen and oxygen atoms in total. The summed E-state index contributed by atoms with van der Waals surface area (Å²) in [7, 11) is 2.11. The highest BCUT2D eigenvalue weighted by molar-refractivity contribution is 5.84. The van der Waals surface area contributed by atoms with Crippen molar-refractivity contribution in [1.29, 1.82) is 0 Å². The molecule has 2 unspecified atom stereocenters. The van der Waals surface area contributed by atoms with Gasteiger partial charge >= 0.3 is 6.09 Å². The molecule has 1 heterocycles. The lowest BCUT2D eigenvalue weighted by atomic mass is 10.1. The van der Waals surface area contributed by atoms with E-state index in [0.29, 0.717) is 25.0 Å². The molecular weight excluding hydrogens is 333 g/mol. The van der Waals surface area contributed by atoms with E-state index in [1.807, 2.05) is 13.1 Å². The van der Waals surface area contributed by atoms with Gasteiger partial charge in [0.1, 0.15) is 5.82 Å². The van der Waals surface area contributed by atoms with Gasteiger partial charge < -0.3 is 19.9 Å². The monoisotopic (exact) mass is 361 g/mol. The van der Waals surface area contributed by atoms with E-state index in [1.165, 1.54) is 11.6 Å². The van der Waals surface area contributed by atoms with Gasteiger partial charge in [0.15, 0.2) is 0 Å². The Morgan fingerprint density at radius 1 is 1.46 bits per heavy atom. The molecule has 1 amide bonds. The van der Waals surface area contributed by atoms with Gasteiger partial charge in [-0.05, 0) is 68.5 Å². The number of carbonyl (C=O) groups excluding carboxylic acids is 1. The molecule has 0 aliphatic heterocycles. The number of aromatic amines is 1. The van der Waals surface area contributed by atoms with Gasteiger partial charge in [0.2, 0.25) is 0 Å². The topological polar surface area (TPSA) is 57.4 Å². The number of alkyl carbamates (subject to hydrolysis) is 1. The first-order valence-corrected chi connectivity index (χ1v) is 9.44. The van der Waals surface area contributed by atoms with Crippen LogP contribution < -0.4 is 5.32 Å². The predicted octanol–water partition coefficient (Wildman–Crippen LogP) is 3.87. The van der Waals surface area contributed by atoms with Crippen LogP contribution in [0.2, 0.25) is 0 Å². The molecule has 1 saturated carbocycles. The Hall–Kier alpha value is -2.08. The third kappa shape index (κ3) is 4.75. The van der Waals surface area contributed by atoms with E-state index in [0.717, 1.165) is 43.3 Å². The van der Waals surface area contributed by atoms with Gasteiger partial charge in [0.25, 0.3) is 0 Å². The maximum Gasteiger partial charge on any atom is 0.407 e. The molecule has 0 radical (unpaired) electrons. The van der Waals surface area contributed by atoms with Crippen LogP contribution in [0.15, 0.2) is 24.4 Å². The van der Waals surface area contributed by atoms with E-state index in [2.05, 4.69) is 22.2 Å². The normalized spacial score (nSPS) is 19.1. The van der Waals surface area contributed by atoms with Gasteiger partial charge in [-0.25, -0.2) is 9.18 Å². The Morgan fingerprint density at radius 3 is 3.12 bits per heavy atom. The van der Waals surface area contributed by atoms with Crippen LogP contribution in [0.5, 0.6) is 0 Å². The fourth-order valence-electron chi connectivity index (χ4n) is 3.53. The van der Waals surface area contributed by atoms with Gasteiger partial charge in [0.05, 0.1) is 6.61 Å². The summed E-state index contributed by atoms with van der Waals surface area (Å²) in [4.78, 5) is 16.9. The number of hydrogen-bond acceptors (Lipinski definition) is 3. The first kappa shape index (κ1) is 18.7. The van der Waals surface area contributed by atoms with Crippen molar-refractivity contribution in [1.82, 2.24) is 15.2 Å². The number of halogens is 1. The molecule has 142 valence electrons. The van der Waals surface area contributed by atoms with Crippen LogP contribution in [0.3, 0.4) is 0 Å². The summed E-state index contributed by atoms with van der Waals surface area (Å²) in [6.07, 6.45) is 4.58. The lowest BCUT2D eigenvalue weighted by molar-refractivity contribution is 0.146. The molecular formula is C20H28FN3O2. The molecule has 1 fully saturated rings. The molecule has 2 aromatic rings. The van der Waals surface area contributed by atoms with Crippen molar-refractivity contribution >= 4 is 17.0 Å². The third-order valence-electron chi connectivity index (χ3n) is 4.97. The minimum atomic E-state index is -0.330. The second-order valence-corrected chi connectivity index (χ2v) is 7.21. The maximum absolute atomic E-state index is 13.5. The zero-order chi connectivity index (χ0) is 18.5. The molecule has 2 N–H and O–H groups in total. The first-order valence-electron chi connectivity index (χ1n) is 9.44. The van der Waals surface area contributed by atoms with Crippen LogP contribution >= 0.6 is 0 Å². The first-order chi connectivity index (χ1) is 12.6. The van der Waals surface area contributed by atoms with Crippen molar-refractivity contribution in [2.75, 3.05) is 33.3 Å². The molecule has 26 heavy (non-hydrogen) atoms. The third-order valence-corrected chi connectivity index (χ3v) is 4.97. The van der Waals surface area contributed by atoms with Gasteiger partial charge in [0, 0.05) is 30.2 Å². The van der Waals surface area contributed by atoms with Crippen LogP contribution in [0.4, 0.5) is 9.18 Å². The van der Waals surface area contributed by atoms with Crippen LogP contribution in [0.25, 0.3) is 10.9 Å². The SMILES string of the molecule is CCCOC(=O)NCCCN(C)CC1CC1c1c[nH]c2ccc(F)cc12. The number of nitrogens with one attached hydrogen (secondary N) is 2. The quantitative estimate of drug-likeness (QED) is 0.667. The summed E-state index contributed by atoms with van der Waals surface area (Å²) in [6.45, 7) is 5.02. The smallest absolute Gasteiger partial charge is 0.407 e. The number of nitrogens with zero attached hydrogens (tertiary/aromatic N) is 1. The number of benzene rings is 1. The lowest BCUT2D eigenvalue weighted by Gasteiger charge is -2.16. The molecule has 0 bridgehead atoms. The van der Waals surface area contributed by atoms with Crippen LogP contribution in [-0.4, -0.2) is 49.3 Å². The minimum absolute atomic E-state index is 0.183. The van der Waals surface area contributed by atoms with Crippen LogP contribution in [-0.2, 0) is 4.74 Å². The Morgan fingerprint density at radius 2 is 2.31 bits per heavy atom. The number of hydrogen-bond donors (Lipinski definition) is 2. The Kier molecular flexibility index (Phi) is 6.14. The molecule has 1 aromatic carbocycles. The number of H-pyrrole nitrogens is 1. The largest absolute Gasteiger partial charge is 0.450 e. The van der Waals surface area contributed by atoms with E-state index in [1.54, 1.807) is 12.1 Å². The Bertz CT molecular complexity index is 746. The number of fused-ring (bicyclic) bond motifs is 1. The van der Waals surface area contributed by atoms with Crippen molar-refractivity contribution in [3.05, 3.63) is 35.8 Å². The molecule has 1 aliphatic rings. The predicted molar refractivity (Wildman–Crippen MR) is 101 cm³/mol. The van der Waals surface area contributed by atoms with E-state index >= 15 is 0 Å². The number of rotatable bonds is 9. The standard InChI is InChI=1S/C20H28FN3O2/c1-3-9-26-20(25)22-7-4-8-24(2)13-14-10-16(14)18-12-23-19-6-5-15(21)11-17(18)19/h5-6,11-12,14,16,23H,3-4,7-10,13H2,1-2H3,(H,22,25). The molecule has 2 atom stereocenters. The van der Waals surface area contributed by atoms with Gasteiger partial charge in [-0.1, -0.05) is 6.92 Å². The second kappa shape index (κ2) is 8.54. The lowest BCUT2D eigenvalue weighted by Crippen LogP contribution is -2.29. The molecule has 1 aromatic heterocycles. The summed E-state index contributed by atoms with van der Waals surface area (Å²) in [6, 6.07) is 4.92. The van der Waals surface area contributed by atoms with Crippen molar-refractivity contribution in [3.8, 4) is 0 Å². The number of amides is 1. The molecule has 3 rings (SSSR count). The summed E-state index contributed by atoms with van der Waals surface area (Å²) in [5, 5.41) is 3.78. The van der Waals surface area contributed by atoms with Crippen molar-refractivity contribution in [3.63, 3.8) is 0 Å². The van der Waals surface area contributed by atoms with Crippen molar-refractivity contribution in [2.45, 2.75) is 32.1 Å². The number of aromatic nitrogens is 1. The summed E-state index contributed by atoms with van der Waals surface area (Å²) < 4.78 is 18.5. The van der Waals surface area contributed by atoms with Gasteiger partial charge in [-0.3, -0.25) is 0 Å². The van der Waals surface area contributed by atoms with E-state index in [-0.39, 0.29) is 11.9 Å². The van der Waals surface area contributed by atoms with Crippen molar-refractivity contribution in [2.24, 2.45) is 5.92 Å². The van der Waals surface area contributed by atoms with E-state index < -0.39 is 0 Å². The van der Waals surface area contributed by atoms with Crippen LogP contribution in [0, 0.1) is 11.7 Å². The van der Waals surface area contributed by atoms with E-state index in [9.17, 15) is 9.18 Å². The molecule has 6 heteroatoms. The summed E-state index contributed by atoms with van der Waals surface area (Å²) in [5.41, 5.74) is 2.24. The zero-order valence-electron chi connectivity index (χ0n) is 15.6. The second-order valence-electron chi connectivity index (χ2n) is 7.21. The molecule has 0 spiro atoms. The Labute approximate surface area is 153 Å². The highest BCUT2D eigenvalue weighted by Gasteiger charge is 2.40. The fraction of sp³-hybridized carbons (Fsp3) is 0.550. The average Bonchev–Trinajstić information content (AvgIpc) is 3.24. The summed E-state index contributed by atoms with van der Waals surface area (Å²) in [5.74, 6) is 0.942. The number of carbonyl (C=O) groups is 1. The molecule has 0 saturated heterocycles. The van der Waals surface area contributed by atoms with Crippen LogP contribution in [0.1, 0.15) is 37.7 Å². The Balaban J connectivity index is 1.39. The highest BCUT2D eigenvalue weighted by Crippen LogP contribution is 2.49. The highest BCUT2D eigenvalue weighted by atomic mass is 19.1. The zero-order valence-corrected chi connectivity index (χ0v) is 15.6. The van der Waals surface area contributed by atoms with E-state index in [4.69, 9.17) is 4.74 Å². The van der Waals surface area contributed by atoms with Gasteiger partial charge in [-0.15, -0.1) is 0 Å². The summed E-state index contributed by atoms with van der Waals surface area (Å²) >= 11 is 0. The molecule has 1 aliphatic carbocycles. The van der Waals surface area contributed by atoms with Crippen molar-refractivity contribution < 1.29 is 13.9 Å². The average molecular weight is 361 g/mol. The van der Waals surface area contributed by atoms with Gasteiger partial charge in [-0.2, -0.15) is 0 Å². The maximum atomic E-state index is 13.5.